The summed E-state index contributed by atoms with van der Waals surface area (Å²) in [4.78, 5) is 2.03. The maximum Gasteiger partial charge on any atom is 0.127 e. The molecule has 0 aliphatic heterocycles. The zero-order valence-corrected chi connectivity index (χ0v) is 11.4. The summed E-state index contributed by atoms with van der Waals surface area (Å²) in [5.74, 6) is -0.125. The van der Waals surface area contributed by atoms with Crippen LogP contribution in [0.15, 0.2) is 48.5 Å². The molecule has 0 atom stereocenters. The average Bonchev–Trinajstić information content (AvgIpc) is 2.41. The molecule has 0 fully saturated rings. The summed E-state index contributed by atoms with van der Waals surface area (Å²) in [5, 5.41) is 7.44. The zero-order chi connectivity index (χ0) is 14.5. The first-order valence-corrected chi connectivity index (χ1v) is 6.41. The van der Waals surface area contributed by atoms with Crippen molar-refractivity contribution in [3.8, 4) is 0 Å². The number of nitrogens with zero attached hydrogens (tertiary/aromatic N) is 1. The first-order chi connectivity index (χ1) is 9.56. The minimum Gasteiger partial charge on any atom is -0.384 e. The molecule has 0 aliphatic carbocycles. The fraction of sp³-hybridized carbons (Fsp3) is 0.188. The Labute approximate surface area is 118 Å². The van der Waals surface area contributed by atoms with E-state index in [9.17, 15) is 4.39 Å². The Bertz CT molecular complexity index is 610. The Balaban J connectivity index is 2.05. The number of hydrogen-bond acceptors (Lipinski definition) is 2. The lowest BCUT2D eigenvalue weighted by Crippen LogP contribution is -2.18. The molecule has 0 unspecified atom stereocenters. The maximum atomic E-state index is 13.6. The Hall–Kier alpha value is -2.20. The predicted octanol–water partition coefficient (Wildman–Crippen LogP) is 2.74. The van der Waals surface area contributed by atoms with Crippen LogP contribution in [0.2, 0.25) is 0 Å². The van der Waals surface area contributed by atoms with Crippen molar-refractivity contribution in [2.75, 3.05) is 7.05 Å². The van der Waals surface area contributed by atoms with E-state index in [1.165, 1.54) is 6.07 Å². The van der Waals surface area contributed by atoms with E-state index >= 15 is 0 Å². The van der Waals surface area contributed by atoms with Gasteiger partial charge in [0.25, 0.3) is 0 Å². The van der Waals surface area contributed by atoms with Gasteiger partial charge in [-0.05, 0) is 24.7 Å². The molecular weight excluding hydrogens is 253 g/mol. The van der Waals surface area contributed by atoms with E-state index < -0.39 is 0 Å². The van der Waals surface area contributed by atoms with E-state index in [-0.39, 0.29) is 11.7 Å². The predicted molar refractivity (Wildman–Crippen MR) is 79.0 cm³/mol. The third kappa shape index (κ3) is 3.65. The topological polar surface area (TPSA) is 53.1 Å². The second kappa shape index (κ2) is 6.30. The number of amidine groups is 1. The SMILES string of the molecule is CN(Cc1cccc(C(=N)N)c1)Cc1ccccc1F. The fourth-order valence-corrected chi connectivity index (χ4v) is 2.12. The second-order valence-corrected chi connectivity index (χ2v) is 4.88. The quantitative estimate of drug-likeness (QED) is 0.649. The van der Waals surface area contributed by atoms with Crippen LogP contribution in [0.5, 0.6) is 0 Å². The lowest BCUT2D eigenvalue weighted by molar-refractivity contribution is 0.313. The van der Waals surface area contributed by atoms with Gasteiger partial charge in [0.1, 0.15) is 11.7 Å². The summed E-state index contributed by atoms with van der Waals surface area (Å²) in [6.07, 6.45) is 0. The maximum absolute atomic E-state index is 13.6. The van der Waals surface area contributed by atoms with Gasteiger partial charge in [-0.3, -0.25) is 10.3 Å². The summed E-state index contributed by atoms with van der Waals surface area (Å²) in [6, 6.07) is 14.3. The first kappa shape index (κ1) is 14.2. The highest BCUT2D eigenvalue weighted by Gasteiger charge is 2.06. The number of hydrogen-bond donors (Lipinski definition) is 2. The molecule has 20 heavy (non-hydrogen) atoms. The van der Waals surface area contributed by atoms with Crippen molar-refractivity contribution < 1.29 is 4.39 Å². The molecule has 0 aromatic heterocycles. The van der Waals surface area contributed by atoms with Crippen LogP contribution in [0, 0.1) is 11.2 Å². The normalized spacial score (nSPS) is 10.8. The van der Waals surface area contributed by atoms with Gasteiger partial charge in [-0.25, -0.2) is 4.39 Å². The van der Waals surface area contributed by atoms with E-state index in [2.05, 4.69) is 0 Å². The number of rotatable bonds is 5. The van der Waals surface area contributed by atoms with Crippen LogP contribution in [0.25, 0.3) is 0 Å². The summed E-state index contributed by atoms with van der Waals surface area (Å²) in [7, 11) is 1.94. The smallest absolute Gasteiger partial charge is 0.127 e. The molecule has 2 rings (SSSR count). The number of nitrogen functional groups attached to an aromatic ring is 1. The number of nitrogens with two attached hydrogens (primary N) is 1. The number of halogens is 1. The third-order valence-corrected chi connectivity index (χ3v) is 3.09. The molecule has 0 amide bonds. The molecule has 0 bridgehead atoms. The van der Waals surface area contributed by atoms with E-state index in [4.69, 9.17) is 11.1 Å². The highest BCUT2D eigenvalue weighted by molar-refractivity contribution is 5.95. The van der Waals surface area contributed by atoms with Crippen molar-refractivity contribution in [3.63, 3.8) is 0 Å². The molecule has 0 radical (unpaired) electrons. The van der Waals surface area contributed by atoms with Gasteiger partial charge in [0, 0.05) is 24.2 Å². The van der Waals surface area contributed by atoms with E-state index in [1.54, 1.807) is 12.1 Å². The van der Waals surface area contributed by atoms with E-state index in [1.807, 2.05) is 42.3 Å². The standard InChI is InChI=1S/C16H18FN3/c1-20(11-14-6-2-3-8-15(14)17)10-12-5-4-7-13(9-12)16(18)19/h2-9H,10-11H2,1H3,(H3,18,19). The van der Waals surface area contributed by atoms with Crippen molar-refractivity contribution in [1.82, 2.24) is 4.90 Å². The van der Waals surface area contributed by atoms with Gasteiger partial charge in [0.05, 0.1) is 0 Å². The Morgan fingerprint density at radius 3 is 2.60 bits per heavy atom. The molecule has 104 valence electrons. The molecule has 0 saturated carbocycles. The summed E-state index contributed by atoms with van der Waals surface area (Å²) in [6.45, 7) is 1.21. The van der Waals surface area contributed by atoms with Gasteiger partial charge >= 0.3 is 0 Å². The zero-order valence-electron chi connectivity index (χ0n) is 11.4. The highest BCUT2D eigenvalue weighted by atomic mass is 19.1. The molecule has 3 nitrogen and oxygen atoms in total. The van der Waals surface area contributed by atoms with Crippen LogP contribution in [0.4, 0.5) is 4.39 Å². The summed E-state index contributed by atoms with van der Waals surface area (Å²) in [5.41, 5.74) is 7.92. The van der Waals surface area contributed by atoms with Gasteiger partial charge in [0.15, 0.2) is 0 Å². The van der Waals surface area contributed by atoms with Crippen molar-refractivity contribution in [2.45, 2.75) is 13.1 Å². The van der Waals surface area contributed by atoms with Crippen LogP contribution < -0.4 is 5.73 Å². The third-order valence-electron chi connectivity index (χ3n) is 3.09. The van der Waals surface area contributed by atoms with Crippen molar-refractivity contribution in [3.05, 3.63) is 71.0 Å². The van der Waals surface area contributed by atoms with E-state index in [0.29, 0.717) is 24.2 Å². The molecule has 2 aromatic carbocycles. The Morgan fingerprint density at radius 2 is 1.90 bits per heavy atom. The first-order valence-electron chi connectivity index (χ1n) is 6.41. The van der Waals surface area contributed by atoms with Gasteiger partial charge in [-0.15, -0.1) is 0 Å². The van der Waals surface area contributed by atoms with Crippen LogP contribution >= 0.6 is 0 Å². The minimum absolute atomic E-state index is 0.0589. The molecule has 4 heteroatoms. The highest BCUT2D eigenvalue weighted by Crippen LogP contribution is 2.12. The molecule has 0 aliphatic rings. The second-order valence-electron chi connectivity index (χ2n) is 4.88. The van der Waals surface area contributed by atoms with Gasteiger partial charge in [-0.1, -0.05) is 36.4 Å². The van der Waals surface area contributed by atoms with Crippen LogP contribution in [-0.2, 0) is 13.1 Å². The number of benzene rings is 2. The van der Waals surface area contributed by atoms with Crippen molar-refractivity contribution in [2.24, 2.45) is 5.73 Å². The molecule has 0 heterocycles. The van der Waals surface area contributed by atoms with Gasteiger partial charge in [-0.2, -0.15) is 0 Å². The molecule has 2 aromatic rings. The molecular formula is C16H18FN3. The van der Waals surface area contributed by atoms with Crippen LogP contribution in [0.1, 0.15) is 16.7 Å². The molecule has 0 spiro atoms. The summed E-state index contributed by atoms with van der Waals surface area (Å²) >= 11 is 0. The fourth-order valence-electron chi connectivity index (χ4n) is 2.12. The average molecular weight is 271 g/mol. The van der Waals surface area contributed by atoms with Crippen molar-refractivity contribution >= 4 is 5.84 Å². The van der Waals surface area contributed by atoms with Crippen molar-refractivity contribution in [1.29, 1.82) is 5.41 Å². The van der Waals surface area contributed by atoms with E-state index in [0.717, 1.165) is 5.56 Å². The Kier molecular flexibility index (Phi) is 4.48. The van der Waals surface area contributed by atoms with Crippen LogP contribution in [-0.4, -0.2) is 17.8 Å². The monoisotopic (exact) mass is 271 g/mol. The summed E-state index contributed by atoms with van der Waals surface area (Å²) < 4.78 is 13.6. The lowest BCUT2D eigenvalue weighted by Gasteiger charge is -2.17. The Morgan fingerprint density at radius 1 is 1.15 bits per heavy atom. The van der Waals surface area contributed by atoms with Crippen LogP contribution in [0.3, 0.4) is 0 Å². The largest absolute Gasteiger partial charge is 0.384 e. The molecule has 3 N–H and O–H groups in total. The van der Waals surface area contributed by atoms with Gasteiger partial charge < -0.3 is 5.73 Å². The lowest BCUT2D eigenvalue weighted by atomic mass is 10.1. The number of nitrogens with one attached hydrogen (secondary N) is 1. The van der Waals surface area contributed by atoms with Gasteiger partial charge in [0.2, 0.25) is 0 Å². The molecule has 0 saturated heterocycles. The minimum atomic E-state index is -0.183.